The third kappa shape index (κ3) is 2.30. The van der Waals surface area contributed by atoms with E-state index in [2.05, 4.69) is 12.1 Å². The molecule has 0 saturated carbocycles. The normalized spacial score (nSPS) is 26.3. The number of nitrogens with two attached hydrogens (primary N) is 1. The number of ether oxygens (including phenoxy) is 2. The Balaban J connectivity index is 2.19. The largest absolute Gasteiger partial charge is 0.497 e. The minimum atomic E-state index is 0.103. The van der Waals surface area contributed by atoms with E-state index in [1.807, 2.05) is 12.1 Å². The van der Waals surface area contributed by atoms with Gasteiger partial charge in [-0.1, -0.05) is 12.1 Å². The van der Waals surface area contributed by atoms with E-state index in [-0.39, 0.29) is 6.04 Å². The molecule has 2 unspecified atom stereocenters. The SMILES string of the molecule is COc1cccc(C2CCOCC2N)c1. The zero-order valence-corrected chi connectivity index (χ0v) is 8.98. The molecule has 2 rings (SSSR count). The molecule has 0 bridgehead atoms. The van der Waals surface area contributed by atoms with Crippen LogP contribution < -0.4 is 10.5 Å². The molecule has 2 N–H and O–H groups in total. The predicted octanol–water partition coefficient (Wildman–Crippen LogP) is 1.53. The molecule has 1 saturated heterocycles. The van der Waals surface area contributed by atoms with Crippen LogP contribution >= 0.6 is 0 Å². The monoisotopic (exact) mass is 207 g/mol. The number of benzene rings is 1. The summed E-state index contributed by atoms with van der Waals surface area (Å²) in [7, 11) is 1.68. The van der Waals surface area contributed by atoms with E-state index < -0.39 is 0 Å². The Kier molecular flexibility index (Phi) is 3.23. The molecule has 0 amide bonds. The third-order valence-electron chi connectivity index (χ3n) is 2.92. The van der Waals surface area contributed by atoms with Gasteiger partial charge in [0.15, 0.2) is 0 Å². The van der Waals surface area contributed by atoms with Gasteiger partial charge in [-0.15, -0.1) is 0 Å². The molecule has 1 heterocycles. The smallest absolute Gasteiger partial charge is 0.119 e. The summed E-state index contributed by atoms with van der Waals surface area (Å²) in [6.45, 7) is 1.46. The molecule has 3 nitrogen and oxygen atoms in total. The first-order valence-electron chi connectivity index (χ1n) is 5.28. The number of methoxy groups -OCH3 is 1. The standard InChI is InChI=1S/C12H17NO2/c1-14-10-4-2-3-9(7-10)11-5-6-15-8-12(11)13/h2-4,7,11-12H,5-6,8,13H2,1H3. The molecule has 15 heavy (non-hydrogen) atoms. The van der Waals surface area contributed by atoms with Gasteiger partial charge in [0.25, 0.3) is 0 Å². The summed E-state index contributed by atoms with van der Waals surface area (Å²) in [4.78, 5) is 0. The van der Waals surface area contributed by atoms with Gasteiger partial charge in [-0.3, -0.25) is 0 Å². The molecule has 1 aliphatic heterocycles. The van der Waals surface area contributed by atoms with Gasteiger partial charge in [0.05, 0.1) is 13.7 Å². The second kappa shape index (κ2) is 4.64. The number of hydrogen-bond acceptors (Lipinski definition) is 3. The van der Waals surface area contributed by atoms with Gasteiger partial charge in [0.2, 0.25) is 0 Å². The van der Waals surface area contributed by atoms with Crippen LogP contribution in [0.25, 0.3) is 0 Å². The van der Waals surface area contributed by atoms with Crippen molar-refractivity contribution in [1.82, 2.24) is 0 Å². The first-order chi connectivity index (χ1) is 7.31. The van der Waals surface area contributed by atoms with Crippen LogP contribution in [0.5, 0.6) is 5.75 Å². The van der Waals surface area contributed by atoms with Crippen molar-refractivity contribution in [2.75, 3.05) is 20.3 Å². The summed E-state index contributed by atoms with van der Waals surface area (Å²) in [6, 6.07) is 8.24. The van der Waals surface area contributed by atoms with E-state index >= 15 is 0 Å². The predicted molar refractivity (Wildman–Crippen MR) is 59.1 cm³/mol. The van der Waals surface area contributed by atoms with Crippen LogP contribution in [0, 0.1) is 0 Å². The Morgan fingerprint density at radius 2 is 2.33 bits per heavy atom. The van der Waals surface area contributed by atoms with Gasteiger partial charge in [-0.05, 0) is 24.1 Å². The second-order valence-corrected chi connectivity index (χ2v) is 3.91. The van der Waals surface area contributed by atoms with Crippen molar-refractivity contribution in [3.63, 3.8) is 0 Å². The summed E-state index contributed by atoms with van der Waals surface area (Å²) in [5.41, 5.74) is 7.29. The maximum absolute atomic E-state index is 6.04. The first-order valence-corrected chi connectivity index (χ1v) is 5.28. The summed E-state index contributed by atoms with van der Waals surface area (Å²) < 4.78 is 10.5. The molecule has 0 aromatic heterocycles. The molecule has 3 heteroatoms. The Labute approximate surface area is 90.2 Å². The minimum absolute atomic E-state index is 0.103. The van der Waals surface area contributed by atoms with Gasteiger partial charge in [-0.2, -0.15) is 0 Å². The number of hydrogen-bond donors (Lipinski definition) is 1. The summed E-state index contributed by atoms with van der Waals surface area (Å²) in [6.07, 6.45) is 0.994. The van der Waals surface area contributed by atoms with Crippen LogP contribution in [0.1, 0.15) is 17.9 Å². The molecule has 82 valence electrons. The lowest BCUT2D eigenvalue weighted by molar-refractivity contribution is 0.0695. The molecule has 0 aliphatic carbocycles. The zero-order chi connectivity index (χ0) is 10.7. The topological polar surface area (TPSA) is 44.5 Å². The minimum Gasteiger partial charge on any atom is -0.497 e. The average Bonchev–Trinajstić information content (AvgIpc) is 2.30. The Morgan fingerprint density at radius 3 is 3.07 bits per heavy atom. The van der Waals surface area contributed by atoms with Crippen LogP contribution in [0.2, 0.25) is 0 Å². The zero-order valence-electron chi connectivity index (χ0n) is 8.98. The lowest BCUT2D eigenvalue weighted by Crippen LogP contribution is -2.37. The first kappa shape index (κ1) is 10.5. The highest BCUT2D eigenvalue weighted by Gasteiger charge is 2.23. The highest BCUT2D eigenvalue weighted by Crippen LogP contribution is 2.28. The van der Waals surface area contributed by atoms with Crippen molar-refractivity contribution in [3.05, 3.63) is 29.8 Å². The molecular formula is C12H17NO2. The molecule has 1 fully saturated rings. The Bertz CT molecular complexity index is 327. The van der Waals surface area contributed by atoms with Gasteiger partial charge < -0.3 is 15.2 Å². The fraction of sp³-hybridized carbons (Fsp3) is 0.500. The molecule has 1 aromatic rings. The summed E-state index contributed by atoms with van der Waals surface area (Å²) in [5, 5.41) is 0. The fourth-order valence-corrected chi connectivity index (χ4v) is 2.05. The van der Waals surface area contributed by atoms with Crippen LogP contribution in [0.3, 0.4) is 0 Å². The molecule has 1 aliphatic rings. The fourth-order valence-electron chi connectivity index (χ4n) is 2.05. The van der Waals surface area contributed by atoms with Crippen LogP contribution in [-0.4, -0.2) is 26.4 Å². The van der Waals surface area contributed by atoms with Gasteiger partial charge in [0, 0.05) is 18.6 Å². The van der Waals surface area contributed by atoms with Crippen molar-refractivity contribution in [3.8, 4) is 5.75 Å². The molecule has 2 atom stereocenters. The maximum Gasteiger partial charge on any atom is 0.119 e. The molecule has 0 spiro atoms. The van der Waals surface area contributed by atoms with E-state index in [1.54, 1.807) is 7.11 Å². The summed E-state index contributed by atoms with van der Waals surface area (Å²) >= 11 is 0. The molecular weight excluding hydrogens is 190 g/mol. The van der Waals surface area contributed by atoms with E-state index in [0.717, 1.165) is 18.8 Å². The number of rotatable bonds is 2. The Hall–Kier alpha value is -1.06. The van der Waals surface area contributed by atoms with Gasteiger partial charge in [0.1, 0.15) is 5.75 Å². The second-order valence-electron chi connectivity index (χ2n) is 3.91. The van der Waals surface area contributed by atoms with Crippen LogP contribution in [0.4, 0.5) is 0 Å². The lowest BCUT2D eigenvalue weighted by atomic mass is 9.88. The van der Waals surface area contributed by atoms with Gasteiger partial charge >= 0.3 is 0 Å². The van der Waals surface area contributed by atoms with E-state index in [4.69, 9.17) is 15.2 Å². The highest BCUT2D eigenvalue weighted by atomic mass is 16.5. The van der Waals surface area contributed by atoms with Crippen molar-refractivity contribution in [2.45, 2.75) is 18.4 Å². The van der Waals surface area contributed by atoms with E-state index in [1.165, 1.54) is 5.56 Å². The third-order valence-corrected chi connectivity index (χ3v) is 2.92. The quantitative estimate of drug-likeness (QED) is 0.799. The van der Waals surface area contributed by atoms with E-state index in [0.29, 0.717) is 12.5 Å². The average molecular weight is 207 g/mol. The Morgan fingerprint density at radius 1 is 1.47 bits per heavy atom. The van der Waals surface area contributed by atoms with Crippen LogP contribution in [0.15, 0.2) is 24.3 Å². The van der Waals surface area contributed by atoms with Crippen molar-refractivity contribution < 1.29 is 9.47 Å². The molecule has 1 aromatic carbocycles. The van der Waals surface area contributed by atoms with Crippen LogP contribution in [-0.2, 0) is 4.74 Å². The van der Waals surface area contributed by atoms with Gasteiger partial charge in [-0.25, -0.2) is 0 Å². The van der Waals surface area contributed by atoms with Crippen molar-refractivity contribution >= 4 is 0 Å². The van der Waals surface area contributed by atoms with E-state index in [9.17, 15) is 0 Å². The van der Waals surface area contributed by atoms with Crippen molar-refractivity contribution in [1.29, 1.82) is 0 Å². The maximum atomic E-state index is 6.04. The summed E-state index contributed by atoms with van der Waals surface area (Å²) in [5.74, 6) is 1.29. The lowest BCUT2D eigenvalue weighted by Gasteiger charge is -2.29. The highest BCUT2D eigenvalue weighted by molar-refractivity contribution is 5.31. The van der Waals surface area contributed by atoms with Crippen molar-refractivity contribution in [2.24, 2.45) is 5.73 Å². The molecule has 0 radical (unpaired) electrons.